The van der Waals surface area contributed by atoms with Crippen LogP contribution in [-0.2, 0) is 9.84 Å². The molecule has 8 heteroatoms. The Balaban J connectivity index is 1.77. The molecule has 3 aromatic heterocycles. The third-order valence-electron chi connectivity index (χ3n) is 4.53. The number of pyridine rings is 2. The van der Waals surface area contributed by atoms with Crippen LogP contribution in [0.5, 0.6) is 0 Å². The fourth-order valence-electron chi connectivity index (χ4n) is 2.99. The van der Waals surface area contributed by atoms with Crippen molar-refractivity contribution in [2.24, 2.45) is 0 Å². The number of para-hydroxylation sites is 1. The molecule has 0 unspecified atom stereocenters. The summed E-state index contributed by atoms with van der Waals surface area (Å²) in [5.41, 5.74) is 1.94. The molecular weight excluding hydrogens is 386 g/mol. The molecule has 4 aromatic rings. The van der Waals surface area contributed by atoms with Gasteiger partial charge < -0.3 is 15.6 Å². The third kappa shape index (κ3) is 3.79. The molecule has 0 bridgehead atoms. The minimum Gasteiger partial charge on any atom is -0.354 e. The summed E-state index contributed by atoms with van der Waals surface area (Å²) in [6.45, 7) is 3.36. The fourth-order valence-corrected chi connectivity index (χ4v) is 4.19. The minimum absolute atomic E-state index is 0.273. The van der Waals surface area contributed by atoms with E-state index in [4.69, 9.17) is 0 Å². The summed E-state index contributed by atoms with van der Waals surface area (Å²) in [6.07, 6.45) is 3.49. The first kappa shape index (κ1) is 18.9. The number of sulfone groups is 1. The highest BCUT2D eigenvalue weighted by atomic mass is 32.2. The molecular formula is C21H21N5O2S. The summed E-state index contributed by atoms with van der Waals surface area (Å²) in [4.78, 5) is 12.2. The van der Waals surface area contributed by atoms with Gasteiger partial charge in [-0.15, -0.1) is 0 Å². The Labute approximate surface area is 169 Å². The van der Waals surface area contributed by atoms with Crippen LogP contribution in [0.4, 0.5) is 23.0 Å². The molecule has 29 heavy (non-hydrogen) atoms. The predicted molar refractivity (Wildman–Crippen MR) is 116 cm³/mol. The Morgan fingerprint density at radius 3 is 2.48 bits per heavy atom. The Kier molecular flexibility index (Phi) is 4.94. The zero-order valence-corrected chi connectivity index (χ0v) is 16.9. The number of aromatic amines is 1. The Bertz CT molecular complexity index is 1250. The van der Waals surface area contributed by atoms with E-state index in [0.717, 1.165) is 11.1 Å². The lowest BCUT2D eigenvalue weighted by molar-refractivity contribution is 0.588. The van der Waals surface area contributed by atoms with Crippen molar-refractivity contribution in [2.75, 3.05) is 10.6 Å². The maximum atomic E-state index is 12.8. The maximum absolute atomic E-state index is 12.8. The average molecular weight is 407 g/mol. The van der Waals surface area contributed by atoms with Crippen LogP contribution >= 0.6 is 0 Å². The van der Waals surface area contributed by atoms with E-state index in [1.165, 1.54) is 0 Å². The highest BCUT2D eigenvalue weighted by molar-refractivity contribution is 7.92. The zero-order chi connectivity index (χ0) is 20.4. The van der Waals surface area contributed by atoms with E-state index < -0.39 is 15.1 Å². The number of nitrogens with zero attached hydrogens (tertiary/aromatic N) is 2. The van der Waals surface area contributed by atoms with Crippen molar-refractivity contribution in [3.8, 4) is 0 Å². The van der Waals surface area contributed by atoms with Gasteiger partial charge in [0.25, 0.3) is 0 Å². The van der Waals surface area contributed by atoms with Gasteiger partial charge in [0, 0.05) is 23.8 Å². The first-order chi connectivity index (χ1) is 13.9. The van der Waals surface area contributed by atoms with Crippen LogP contribution in [0, 0.1) is 0 Å². The largest absolute Gasteiger partial charge is 0.354 e. The molecule has 7 nitrogen and oxygen atoms in total. The highest BCUT2D eigenvalue weighted by Gasteiger charge is 2.23. The summed E-state index contributed by atoms with van der Waals surface area (Å²) in [5.74, 6) is 1.25. The maximum Gasteiger partial charge on any atom is 0.182 e. The molecule has 4 rings (SSSR count). The Morgan fingerprint density at radius 1 is 0.931 bits per heavy atom. The van der Waals surface area contributed by atoms with Gasteiger partial charge in [0.05, 0.1) is 21.5 Å². The van der Waals surface area contributed by atoms with Gasteiger partial charge in [-0.1, -0.05) is 18.2 Å². The number of nitrogens with one attached hydrogen (secondary N) is 3. The van der Waals surface area contributed by atoms with E-state index in [9.17, 15) is 8.42 Å². The first-order valence-corrected chi connectivity index (χ1v) is 10.8. The Hall–Kier alpha value is -3.39. The fraction of sp³-hybridized carbons (Fsp3) is 0.143. The van der Waals surface area contributed by atoms with Gasteiger partial charge in [0.15, 0.2) is 9.84 Å². The summed E-state index contributed by atoms with van der Waals surface area (Å²) in [5, 5.41) is 6.80. The molecule has 0 saturated carbocycles. The van der Waals surface area contributed by atoms with Crippen LogP contribution in [-0.4, -0.2) is 28.6 Å². The number of anilines is 4. The van der Waals surface area contributed by atoms with E-state index in [1.807, 2.05) is 36.4 Å². The third-order valence-corrected chi connectivity index (χ3v) is 6.74. The summed E-state index contributed by atoms with van der Waals surface area (Å²) < 4.78 is 25.6. The van der Waals surface area contributed by atoms with Crippen molar-refractivity contribution < 1.29 is 8.42 Å². The predicted octanol–water partition coefficient (Wildman–Crippen LogP) is 4.63. The Morgan fingerprint density at radius 2 is 1.72 bits per heavy atom. The van der Waals surface area contributed by atoms with Gasteiger partial charge in [-0.05, 0) is 44.2 Å². The van der Waals surface area contributed by atoms with E-state index >= 15 is 0 Å². The second-order valence-electron chi connectivity index (χ2n) is 6.85. The molecule has 0 spiro atoms. The van der Waals surface area contributed by atoms with Gasteiger partial charge in [-0.3, -0.25) is 0 Å². The van der Waals surface area contributed by atoms with Crippen molar-refractivity contribution in [3.63, 3.8) is 0 Å². The van der Waals surface area contributed by atoms with Crippen LogP contribution in [0.15, 0.2) is 71.9 Å². The summed E-state index contributed by atoms with van der Waals surface area (Å²) in [6, 6.07) is 16.2. The zero-order valence-electron chi connectivity index (χ0n) is 16.0. The quantitative estimate of drug-likeness (QED) is 0.431. The van der Waals surface area contributed by atoms with Crippen molar-refractivity contribution in [1.82, 2.24) is 15.0 Å². The molecule has 0 saturated heterocycles. The van der Waals surface area contributed by atoms with Gasteiger partial charge in [0.1, 0.15) is 17.3 Å². The van der Waals surface area contributed by atoms with Crippen molar-refractivity contribution >= 4 is 43.9 Å². The molecule has 0 atom stereocenters. The molecule has 148 valence electrons. The monoisotopic (exact) mass is 407 g/mol. The molecule has 0 aliphatic carbocycles. The lowest BCUT2D eigenvalue weighted by Crippen LogP contribution is -2.15. The van der Waals surface area contributed by atoms with Gasteiger partial charge >= 0.3 is 0 Å². The normalized spacial score (nSPS) is 11.7. The van der Waals surface area contributed by atoms with Crippen molar-refractivity contribution in [1.29, 1.82) is 0 Å². The van der Waals surface area contributed by atoms with Crippen molar-refractivity contribution in [3.05, 3.63) is 67.0 Å². The number of rotatable bonds is 6. The number of benzene rings is 1. The number of fused-ring (bicyclic) bond motifs is 1. The van der Waals surface area contributed by atoms with Crippen LogP contribution < -0.4 is 10.6 Å². The number of hydrogen-bond donors (Lipinski definition) is 3. The van der Waals surface area contributed by atoms with E-state index in [2.05, 4.69) is 25.6 Å². The molecule has 0 fully saturated rings. The molecule has 0 amide bonds. The van der Waals surface area contributed by atoms with Gasteiger partial charge in [0.2, 0.25) is 0 Å². The second-order valence-corrected chi connectivity index (χ2v) is 9.32. The molecule has 3 heterocycles. The van der Waals surface area contributed by atoms with Gasteiger partial charge in [-0.2, -0.15) is 0 Å². The molecule has 1 aromatic carbocycles. The van der Waals surface area contributed by atoms with E-state index in [0.29, 0.717) is 23.0 Å². The summed E-state index contributed by atoms with van der Waals surface area (Å²) >= 11 is 0. The van der Waals surface area contributed by atoms with Crippen LogP contribution in [0.1, 0.15) is 13.8 Å². The molecule has 3 N–H and O–H groups in total. The SMILES string of the molecule is CC(C)S(=O)(=O)c1ccccc1Nc1cc(Nc2ccccn2)nc2[nH]ccc12. The number of aromatic nitrogens is 3. The molecule has 0 aliphatic rings. The highest BCUT2D eigenvalue weighted by Crippen LogP contribution is 2.32. The smallest absolute Gasteiger partial charge is 0.182 e. The lowest BCUT2D eigenvalue weighted by atomic mass is 10.2. The topological polar surface area (TPSA) is 99.8 Å². The molecule has 0 radical (unpaired) electrons. The molecule has 0 aliphatic heterocycles. The number of hydrogen-bond acceptors (Lipinski definition) is 6. The standard InChI is InChI=1S/C21H21N5O2S/c1-14(2)29(27,28)18-8-4-3-7-16(18)24-17-13-20(25-19-9-5-6-11-22-19)26-21-15(17)10-12-23-21/h3-14H,1-2H3,(H3,22,23,24,25,26). The first-order valence-electron chi connectivity index (χ1n) is 9.21. The van der Waals surface area contributed by atoms with E-state index in [-0.39, 0.29) is 4.90 Å². The van der Waals surface area contributed by atoms with Crippen LogP contribution in [0.3, 0.4) is 0 Å². The van der Waals surface area contributed by atoms with Crippen molar-refractivity contribution in [2.45, 2.75) is 24.0 Å². The second kappa shape index (κ2) is 7.56. The van der Waals surface area contributed by atoms with Crippen LogP contribution in [0.25, 0.3) is 11.0 Å². The minimum atomic E-state index is -3.44. The number of H-pyrrole nitrogens is 1. The van der Waals surface area contributed by atoms with Crippen LogP contribution in [0.2, 0.25) is 0 Å². The average Bonchev–Trinajstić information content (AvgIpc) is 3.18. The van der Waals surface area contributed by atoms with E-state index in [1.54, 1.807) is 44.4 Å². The summed E-state index contributed by atoms with van der Waals surface area (Å²) in [7, 11) is -3.44. The lowest BCUT2D eigenvalue weighted by Gasteiger charge is -2.16. The van der Waals surface area contributed by atoms with Gasteiger partial charge in [-0.25, -0.2) is 18.4 Å².